The zero-order chi connectivity index (χ0) is 12.4. The van der Waals surface area contributed by atoms with Crippen molar-refractivity contribution in [2.75, 3.05) is 6.54 Å². The largest absolute Gasteiger partial charge is 0.330 e. The summed E-state index contributed by atoms with van der Waals surface area (Å²) in [5, 5.41) is 0. The molecule has 98 valence electrons. The van der Waals surface area contributed by atoms with Gasteiger partial charge in [-0.25, -0.2) is 0 Å². The van der Waals surface area contributed by atoms with Crippen molar-refractivity contribution in [2.24, 2.45) is 5.73 Å². The lowest BCUT2D eigenvalue weighted by atomic mass is 10.1. The normalized spacial score (nSPS) is 23.4. The second-order valence-corrected chi connectivity index (χ2v) is 10.7. The van der Waals surface area contributed by atoms with Gasteiger partial charge in [-0.1, -0.05) is 71.5 Å². The van der Waals surface area contributed by atoms with E-state index in [1.807, 2.05) is 0 Å². The van der Waals surface area contributed by atoms with Crippen molar-refractivity contribution in [2.45, 2.75) is 83.5 Å². The van der Waals surface area contributed by atoms with E-state index in [-0.39, 0.29) is 0 Å². The van der Waals surface area contributed by atoms with Crippen LogP contribution in [0, 0.1) is 0 Å². The summed E-state index contributed by atoms with van der Waals surface area (Å²) in [6.45, 7) is 10.2. The Balaban J connectivity index is 0.000000487. The Kier molecular flexibility index (Phi) is 9.33. The third-order valence-corrected chi connectivity index (χ3v) is 11.1. The molecule has 1 aliphatic rings. The van der Waals surface area contributed by atoms with E-state index in [2.05, 4.69) is 27.7 Å². The van der Waals surface area contributed by atoms with E-state index in [0.717, 1.165) is 13.0 Å². The van der Waals surface area contributed by atoms with E-state index in [1.165, 1.54) is 18.4 Å². The molecule has 0 radical (unpaired) electrons. The van der Waals surface area contributed by atoms with Crippen molar-refractivity contribution in [1.29, 1.82) is 0 Å². The smallest absolute Gasteiger partial charge is 0.0561 e. The maximum absolute atomic E-state index is 5.03. The van der Waals surface area contributed by atoms with E-state index in [0.29, 0.717) is 0 Å². The zero-order valence-electron chi connectivity index (χ0n) is 12.0. The topological polar surface area (TPSA) is 26.0 Å². The minimum Gasteiger partial charge on any atom is -0.330 e. The molecule has 2 N–H and O–H groups in total. The van der Waals surface area contributed by atoms with Crippen molar-refractivity contribution < 1.29 is 0 Å². The highest BCUT2D eigenvalue weighted by molar-refractivity contribution is 6.81. The third-order valence-electron chi connectivity index (χ3n) is 4.53. The molecule has 0 bridgehead atoms. The van der Waals surface area contributed by atoms with Crippen molar-refractivity contribution in [3.05, 3.63) is 0 Å². The molecular formula is C14H33NSi. The molecular weight excluding hydrogens is 210 g/mol. The fourth-order valence-corrected chi connectivity index (χ4v) is 8.60. The van der Waals surface area contributed by atoms with Crippen LogP contribution in [0.15, 0.2) is 0 Å². The molecule has 1 unspecified atom stereocenters. The van der Waals surface area contributed by atoms with E-state index < -0.39 is 8.07 Å². The summed E-state index contributed by atoms with van der Waals surface area (Å²) in [5.74, 6) is 0. The maximum atomic E-state index is 5.03. The van der Waals surface area contributed by atoms with Crippen LogP contribution in [0.5, 0.6) is 0 Å². The fourth-order valence-electron chi connectivity index (χ4n) is 3.20. The Morgan fingerprint density at radius 3 is 1.94 bits per heavy atom. The van der Waals surface area contributed by atoms with Crippen molar-refractivity contribution in [3.8, 4) is 0 Å². The van der Waals surface area contributed by atoms with Gasteiger partial charge < -0.3 is 5.73 Å². The first-order valence-corrected chi connectivity index (χ1v) is 10.1. The molecule has 1 saturated heterocycles. The monoisotopic (exact) mass is 243 g/mol. The van der Waals surface area contributed by atoms with Crippen molar-refractivity contribution in [1.82, 2.24) is 0 Å². The van der Waals surface area contributed by atoms with Crippen molar-refractivity contribution >= 4 is 8.07 Å². The van der Waals surface area contributed by atoms with Gasteiger partial charge in [-0.15, -0.1) is 0 Å². The molecule has 0 amide bonds. The highest BCUT2D eigenvalue weighted by atomic mass is 28.3. The quantitative estimate of drug-likeness (QED) is 0.706. The van der Waals surface area contributed by atoms with Crippen LogP contribution in [0.1, 0.15) is 59.8 Å². The minimum atomic E-state index is -0.760. The molecule has 1 fully saturated rings. The van der Waals surface area contributed by atoms with Crippen LogP contribution >= 0.6 is 0 Å². The molecule has 0 saturated carbocycles. The van der Waals surface area contributed by atoms with Gasteiger partial charge in [-0.2, -0.15) is 0 Å². The van der Waals surface area contributed by atoms with E-state index in [4.69, 9.17) is 5.73 Å². The number of nitrogens with two attached hydrogens (primary N) is 1. The van der Waals surface area contributed by atoms with Crippen LogP contribution in [0.3, 0.4) is 0 Å². The van der Waals surface area contributed by atoms with Crippen LogP contribution in [0.2, 0.25) is 23.7 Å². The van der Waals surface area contributed by atoms with Gasteiger partial charge in [0.15, 0.2) is 0 Å². The van der Waals surface area contributed by atoms with Gasteiger partial charge in [-0.05, 0) is 18.5 Å². The van der Waals surface area contributed by atoms with Gasteiger partial charge in [0.1, 0.15) is 0 Å². The van der Waals surface area contributed by atoms with Gasteiger partial charge in [-0.3, -0.25) is 0 Å². The van der Waals surface area contributed by atoms with Gasteiger partial charge in [0.2, 0.25) is 0 Å². The number of rotatable bonds is 4. The molecule has 2 heteroatoms. The summed E-state index contributed by atoms with van der Waals surface area (Å²) in [5.41, 5.74) is 6.20. The highest BCUT2D eigenvalue weighted by Gasteiger charge is 2.38. The SMILES string of the molecule is CCC1CCCC[Si]1(CC)CC.CCCN. The number of hydrogen-bond acceptors (Lipinski definition) is 1. The first-order chi connectivity index (χ1) is 7.70. The maximum Gasteiger partial charge on any atom is 0.0561 e. The molecule has 0 aromatic heterocycles. The molecule has 0 aromatic carbocycles. The van der Waals surface area contributed by atoms with Crippen LogP contribution in [0.25, 0.3) is 0 Å². The Morgan fingerprint density at radius 2 is 1.62 bits per heavy atom. The van der Waals surface area contributed by atoms with Gasteiger partial charge in [0, 0.05) is 0 Å². The minimum absolute atomic E-state index is 0.760. The molecule has 1 nitrogen and oxygen atoms in total. The lowest BCUT2D eigenvalue weighted by molar-refractivity contribution is 0.584. The average Bonchev–Trinajstić information content (AvgIpc) is 2.38. The molecule has 1 heterocycles. The summed E-state index contributed by atoms with van der Waals surface area (Å²) < 4.78 is 0. The third kappa shape index (κ3) is 4.58. The van der Waals surface area contributed by atoms with E-state index in [1.54, 1.807) is 31.0 Å². The average molecular weight is 244 g/mol. The van der Waals surface area contributed by atoms with Crippen LogP contribution in [-0.2, 0) is 0 Å². The van der Waals surface area contributed by atoms with Crippen LogP contribution in [0.4, 0.5) is 0 Å². The lowest BCUT2D eigenvalue weighted by Gasteiger charge is -2.41. The molecule has 16 heavy (non-hydrogen) atoms. The Morgan fingerprint density at radius 1 is 1.06 bits per heavy atom. The first kappa shape index (κ1) is 16.2. The summed E-state index contributed by atoms with van der Waals surface area (Å²) in [6, 6.07) is 4.72. The van der Waals surface area contributed by atoms with Gasteiger partial charge in [0.05, 0.1) is 8.07 Å². The summed E-state index contributed by atoms with van der Waals surface area (Å²) >= 11 is 0. The second-order valence-electron chi connectivity index (χ2n) is 5.21. The standard InChI is InChI=1S/C11H24Si.C3H9N/c1-4-11-9-7-8-10-12(11,5-2)6-3;1-2-3-4/h11H,4-10H2,1-3H3;2-4H2,1H3. The molecule has 1 rings (SSSR count). The summed E-state index contributed by atoms with van der Waals surface area (Å²) in [7, 11) is -0.760. The Bertz CT molecular complexity index is 153. The van der Waals surface area contributed by atoms with E-state index in [9.17, 15) is 0 Å². The van der Waals surface area contributed by atoms with E-state index >= 15 is 0 Å². The summed E-state index contributed by atoms with van der Waals surface area (Å²) in [6.07, 6.45) is 7.19. The molecule has 1 aliphatic heterocycles. The predicted molar refractivity (Wildman–Crippen MR) is 78.8 cm³/mol. The van der Waals surface area contributed by atoms with Crippen molar-refractivity contribution in [3.63, 3.8) is 0 Å². The molecule has 1 atom stereocenters. The van der Waals surface area contributed by atoms with Gasteiger partial charge in [0.25, 0.3) is 0 Å². The van der Waals surface area contributed by atoms with Crippen LogP contribution < -0.4 is 5.73 Å². The lowest BCUT2D eigenvalue weighted by Crippen LogP contribution is -2.40. The number of hydrogen-bond donors (Lipinski definition) is 1. The zero-order valence-corrected chi connectivity index (χ0v) is 13.0. The van der Waals surface area contributed by atoms with Crippen LogP contribution in [-0.4, -0.2) is 14.6 Å². The Labute approximate surface area is 104 Å². The predicted octanol–water partition coefficient (Wildman–Crippen LogP) is 4.79. The summed E-state index contributed by atoms with van der Waals surface area (Å²) in [4.78, 5) is 0. The van der Waals surface area contributed by atoms with Gasteiger partial charge >= 0.3 is 0 Å². The fraction of sp³-hybridized carbons (Fsp3) is 1.00. The molecule has 0 aromatic rings. The second kappa shape index (κ2) is 9.23. The Hall–Kier alpha value is 0.177. The molecule has 0 spiro atoms. The first-order valence-electron chi connectivity index (χ1n) is 7.40. The highest BCUT2D eigenvalue weighted by Crippen LogP contribution is 2.44. The molecule has 0 aliphatic carbocycles.